The number of nitrogens with zero attached hydrogens (tertiary/aromatic N) is 2. The zero-order chi connectivity index (χ0) is 14.3. The molecule has 1 fully saturated rings. The summed E-state index contributed by atoms with van der Waals surface area (Å²) >= 11 is 7.60. The van der Waals surface area contributed by atoms with Gasteiger partial charge in [0.1, 0.15) is 11.0 Å². The van der Waals surface area contributed by atoms with Crippen LogP contribution in [0.4, 0.5) is 5.69 Å². The highest BCUT2D eigenvalue weighted by Gasteiger charge is 2.32. The molecule has 20 heavy (non-hydrogen) atoms. The van der Waals surface area contributed by atoms with Gasteiger partial charge in [0.15, 0.2) is 0 Å². The van der Waals surface area contributed by atoms with Gasteiger partial charge in [-0.25, -0.2) is 0 Å². The highest BCUT2D eigenvalue weighted by molar-refractivity contribution is 7.00. The number of fused-ring (bicyclic) bond motifs is 1. The number of benzene rings is 1. The summed E-state index contributed by atoms with van der Waals surface area (Å²) in [5, 5.41) is 4.37. The minimum Gasteiger partial charge on any atom is -0.379 e. The van der Waals surface area contributed by atoms with Crippen LogP contribution in [0.2, 0.25) is 5.02 Å². The van der Waals surface area contributed by atoms with E-state index in [2.05, 4.69) is 34.8 Å². The quantitative estimate of drug-likeness (QED) is 0.851. The average Bonchev–Trinajstić information content (AvgIpc) is 2.78. The van der Waals surface area contributed by atoms with Gasteiger partial charge in [0.05, 0.1) is 22.4 Å². The fraction of sp³-hybridized carbons (Fsp3) is 0.600. The van der Waals surface area contributed by atoms with E-state index in [0.717, 1.165) is 27.7 Å². The summed E-state index contributed by atoms with van der Waals surface area (Å²) in [6.45, 7) is 7.04. The summed E-state index contributed by atoms with van der Waals surface area (Å²) in [5.41, 5.74) is 3.16. The molecule has 1 aliphatic rings. The summed E-state index contributed by atoms with van der Waals surface area (Å²) < 4.78 is 8.67. The van der Waals surface area contributed by atoms with Crippen LogP contribution in [0, 0.1) is 11.3 Å². The lowest BCUT2D eigenvalue weighted by molar-refractivity contribution is 0.178. The van der Waals surface area contributed by atoms with E-state index in [1.165, 1.54) is 31.0 Å². The Morgan fingerprint density at radius 3 is 2.85 bits per heavy atom. The SMILES string of the molecule is CC1CC(Nc2c(Cl)ccc3nsnc23)CC(C)(C)C1. The number of aromatic nitrogens is 2. The summed E-state index contributed by atoms with van der Waals surface area (Å²) in [6, 6.07) is 4.30. The smallest absolute Gasteiger partial charge is 0.129 e. The van der Waals surface area contributed by atoms with Crippen LogP contribution < -0.4 is 5.32 Å². The number of halogens is 1. The zero-order valence-corrected chi connectivity index (χ0v) is 13.7. The van der Waals surface area contributed by atoms with Crippen LogP contribution in [0.25, 0.3) is 11.0 Å². The molecule has 0 bridgehead atoms. The molecule has 1 aromatic carbocycles. The van der Waals surface area contributed by atoms with E-state index in [1.807, 2.05) is 12.1 Å². The van der Waals surface area contributed by atoms with Crippen molar-refractivity contribution in [3.05, 3.63) is 17.2 Å². The molecule has 3 rings (SSSR count). The molecule has 1 heterocycles. The normalized spacial score (nSPS) is 25.8. The van der Waals surface area contributed by atoms with Gasteiger partial charge in [0.25, 0.3) is 0 Å². The van der Waals surface area contributed by atoms with Crippen molar-refractivity contribution < 1.29 is 0 Å². The zero-order valence-electron chi connectivity index (χ0n) is 12.1. The Bertz CT molecular complexity index is 623. The fourth-order valence-electron chi connectivity index (χ4n) is 3.62. The van der Waals surface area contributed by atoms with Gasteiger partial charge in [0, 0.05) is 6.04 Å². The molecule has 2 unspecified atom stereocenters. The maximum absolute atomic E-state index is 6.36. The van der Waals surface area contributed by atoms with Crippen molar-refractivity contribution in [1.82, 2.24) is 8.75 Å². The van der Waals surface area contributed by atoms with E-state index in [-0.39, 0.29) is 0 Å². The van der Waals surface area contributed by atoms with Gasteiger partial charge in [0.2, 0.25) is 0 Å². The third-order valence-corrected chi connectivity index (χ3v) is 4.97. The molecule has 0 radical (unpaired) electrons. The summed E-state index contributed by atoms with van der Waals surface area (Å²) in [5.74, 6) is 0.739. The van der Waals surface area contributed by atoms with E-state index in [1.54, 1.807) is 0 Å². The van der Waals surface area contributed by atoms with Crippen molar-refractivity contribution in [2.75, 3.05) is 5.32 Å². The summed E-state index contributed by atoms with van der Waals surface area (Å²) in [6.07, 6.45) is 3.65. The molecule has 2 atom stereocenters. The number of hydrogen-bond acceptors (Lipinski definition) is 4. The first-order valence-electron chi connectivity index (χ1n) is 7.12. The highest BCUT2D eigenvalue weighted by Crippen LogP contribution is 2.41. The van der Waals surface area contributed by atoms with Gasteiger partial charge >= 0.3 is 0 Å². The molecular weight excluding hydrogens is 290 g/mol. The first-order valence-corrected chi connectivity index (χ1v) is 8.23. The Morgan fingerprint density at radius 1 is 1.30 bits per heavy atom. The molecule has 0 aliphatic heterocycles. The molecular formula is C15H20ClN3S. The Balaban J connectivity index is 1.89. The standard InChI is InChI=1S/C15H20ClN3S/c1-9-6-10(8-15(2,3)7-9)17-13-11(16)4-5-12-14(13)19-20-18-12/h4-5,9-10,17H,6-8H2,1-3H3. The van der Waals surface area contributed by atoms with Crippen molar-refractivity contribution >= 4 is 40.0 Å². The molecule has 108 valence electrons. The molecule has 2 aromatic rings. The van der Waals surface area contributed by atoms with Gasteiger partial charge in [-0.3, -0.25) is 0 Å². The molecule has 0 saturated heterocycles. The molecule has 3 nitrogen and oxygen atoms in total. The third-order valence-electron chi connectivity index (χ3n) is 4.11. The first-order chi connectivity index (χ1) is 9.44. The fourth-order valence-corrected chi connectivity index (χ4v) is 4.37. The number of nitrogens with one attached hydrogen (secondary N) is 1. The topological polar surface area (TPSA) is 37.8 Å². The van der Waals surface area contributed by atoms with Gasteiger partial charge < -0.3 is 5.32 Å². The minimum atomic E-state index is 0.385. The largest absolute Gasteiger partial charge is 0.379 e. The predicted octanol–water partition coefficient (Wildman–Crippen LogP) is 4.97. The Hall–Kier alpha value is -0.870. The van der Waals surface area contributed by atoms with Crippen molar-refractivity contribution in [2.24, 2.45) is 11.3 Å². The maximum Gasteiger partial charge on any atom is 0.129 e. The molecule has 1 N–H and O–H groups in total. The van der Waals surface area contributed by atoms with Crippen LogP contribution in [-0.4, -0.2) is 14.8 Å². The Morgan fingerprint density at radius 2 is 2.10 bits per heavy atom. The van der Waals surface area contributed by atoms with E-state index in [9.17, 15) is 0 Å². The minimum absolute atomic E-state index is 0.385. The van der Waals surface area contributed by atoms with Gasteiger partial charge in [-0.05, 0) is 42.7 Å². The van der Waals surface area contributed by atoms with E-state index < -0.39 is 0 Å². The van der Waals surface area contributed by atoms with Crippen LogP contribution in [-0.2, 0) is 0 Å². The molecule has 1 aromatic heterocycles. The number of hydrogen-bond donors (Lipinski definition) is 1. The van der Waals surface area contributed by atoms with Crippen molar-refractivity contribution in [1.29, 1.82) is 0 Å². The predicted molar refractivity (Wildman–Crippen MR) is 86.6 cm³/mol. The lowest BCUT2D eigenvalue weighted by Gasteiger charge is -2.39. The first kappa shape index (κ1) is 14.1. The summed E-state index contributed by atoms with van der Waals surface area (Å²) in [4.78, 5) is 0. The van der Waals surface area contributed by atoms with Crippen molar-refractivity contribution in [2.45, 2.75) is 46.1 Å². The lowest BCUT2D eigenvalue weighted by atomic mass is 9.70. The average molecular weight is 310 g/mol. The number of rotatable bonds is 2. The van der Waals surface area contributed by atoms with E-state index in [0.29, 0.717) is 11.5 Å². The van der Waals surface area contributed by atoms with Crippen LogP contribution in [0.1, 0.15) is 40.0 Å². The molecule has 5 heteroatoms. The van der Waals surface area contributed by atoms with Crippen LogP contribution in [0.3, 0.4) is 0 Å². The van der Waals surface area contributed by atoms with Gasteiger partial charge in [-0.2, -0.15) is 8.75 Å². The van der Waals surface area contributed by atoms with E-state index in [4.69, 9.17) is 11.6 Å². The maximum atomic E-state index is 6.36. The van der Waals surface area contributed by atoms with Crippen LogP contribution in [0.5, 0.6) is 0 Å². The molecule has 1 saturated carbocycles. The monoisotopic (exact) mass is 309 g/mol. The Labute approximate surface area is 129 Å². The summed E-state index contributed by atoms with van der Waals surface area (Å²) in [7, 11) is 0. The van der Waals surface area contributed by atoms with Crippen molar-refractivity contribution in [3.8, 4) is 0 Å². The number of anilines is 1. The third kappa shape index (κ3) is 2.77. The van der Waals surface area contributed by atoms with E-state index >= 15 is 0 Å². The van der Waals surface area contributed by atoms with Gasteiger partial charge in [-0.1, -0.05) is 32.4 Å². The lowest BCUT2D eigenvalue weighted by Crippen LogP contribution is -2.35. The van der Waals surface area contributed by atoms with Crippen LogP contribution in [0.15, 0.2) is 12.1 Å². The molecule has 0 spiro atoms. The second-order valence-corrected chi connectivity index (χ2v) is 7.74. The second-order valence-electron chi connectivity index (χ2n) is 6.81. The molecule has 1 aliphatic carbocycles. The van der Waals surface area contributed by atoms with Crippen molar-refractivity contribution in [3.63, 3.8) is 0 Å². The highest BCUT2D eigenvalue weighted by atomic mass is 35.5. The second kappa shape index (κ2) is 5.15. The molecule has 0 amide bonds. The van der Waals surface area contributed by atoms with Gasteiger partial charge in [-0.15, -0.1) is 0 Å². The Kier molecular flexibility index (Phi) is 3.63. The van der Waals surface area contributed by atoms with Crippen LogP contribution >= 0.6 is 23.3 Å².